The van der Waals surface area contributed by atoms with Crippen LogP contribution in [0.5, 0.6) is 0 Å². The van der Waals surface area contributed by atoms with Crippen LogP contribution in [0.3, 0.4) is 0 Å². The Balaban J connectivity index is 1.57. The van der Waals surface area contributed by atoms with Crippen molar-refractivity contribution in [2.45, 2.75) is 6.54 Å². The predicted octanol–water partition coefficient (Wildman–Crippen LogP) is 3.30. The third-order valence-corrected chi connectivity index (χ3v) is 4.18. The fourth-order valence-electron chi connectivity index (χ4n) is 2.61. The highest BCUT2D eigenvalue weighted by molar-refractivity contribution is 6.30. The van der Waals surface area contributed by atoms with Crippen molar-refractivity contribution >= 4 is 29.1 Å². The molecule has 1 N–H and O–H groups in total. The van der Waals surface area contributed by atoms with Crippen molar-refractivity contribution in [1.29, 1.82) is 0 Å². The molecule has 2 amide bonds. The number of nitrogens with zero attached hydrogens (tertiary/aromatic N) is 3. The quantitative estimate of drug-likeness (QED) is 0.711. The third-order valence-electron chi connectivity index (χ3n) is 3.94. The molecular formula is C20H19ClN4O2. The van der Waals surface area contributed by atoms with Gasteiger partial charge in [0, 0.05) is 35.7 Å². The summed E-state index contributed by atoms with van der Waals surface area (Å²) < 4.78 is 1.81. The number of rotatable bonds is 6. The Kier molecular flexibility index (Phi) is 5.88. The number of likely N-dealkylation sites (N-methyl/N-ethyl adjacent to an activating group) is 1. The number of halogens is 1. The van der Waals surface area contributed by atoms with Crippen molar-refractivity contribution in [3.05, 3.63) is 83.1 Å². The lowest BCUT2D eigenvalue weighted by Gasteiger charge is -2.17. The highest BCUT2D eigenvalue weighted by Crippen LogP contribution is 2.15. The Morgan fingerprint density at radius 2 is 1.93 bits per heavy atom. The lowest BCUT2D eigenvalue weighted by Crippen LogP contribution is -2.34. The number of aromatic nitrogens is 2. The van der Waals surface area contributed by atoms with E-state index >= 15 is 0 Å². The molecule has 0 unspecified atom stereocenters. The first-order valence-electron chi connectivity index (χ1n) is 8.38. The topological polar surface area (TPSA) is 67.2 Å². The summed E-state index contributed by atoms with van der Waals surface area (Å²) in [5, 5.41) is 7.42. The molecular weight excluding hydrogens is 364 g/mol. The second-order valence-electron chi connectivity index (χ2n) is 6.12. The summed E-state index contributed by atoms with van der Waals surface area (Å²) in [4.78, 5) is 26.0. The molecule has 7 heteroatoms. The minimum atomic E-state index is -0.289. The number of amides is 2. The Morgan fingerprint density at radius 3 is 2.59 bits per heavy atom. The molecule has 0 saturated heterocycles. The molecule has 0 spiro atoms. The first kappa shape index (κ1) is 18.7. The molecule has 27 heavy (non-hydrogen) atoms. The van der Waals surface area contributed by atoms with Gasteiger partial charge in [-0.15, -0.1) is 0 Å². The van der Waals surface area contributed by atoms with Crippen LogP contribution in [0.1, 0.15) is 15.9 Å². The average molecular weight is 383 g/mol. The van der Waals surface area contributed by atoms with Crippen LogP contribution in [-0.4, -0.2) is 40.1 Å². The van der Waals surface area contributed by atoms with Gasteiger partial charge in [0.1, 0.15) is 0 Å². The molecule has 6 nitrogen and oxygen atoms in total. The summed E-state index contributed by atoms with van der Waals surface area (Å²) in [6, 6.07) is 16.0. The van der Waals surface area contributed by atoms with Gasteiger partial charge in [0.25, 0.3) is 5.91 Å². The standard InChI is InChI=1S/C20H19ClN4O2/c1-24(14-19(26)23-18-5-2-4-17(21)12-18)20(27)16-8-6-15(7-9-16)13-25-11-3-10-22-25/h2-12H,13-14H2,1H3,(H,23,26). The average Bonchev–Trinajstić information content (AvgIpc) is 3.14. The minimum Gasteiger partial charge on any atom is -0.332 e. The van der Waals surface area contributed by atoms with Crippen molar-refractivity contribution in [3.8, 4) is 0 Å². The van der Waals surface area contributed by atoms with Crippen LogP contribution >= 0.6 is 11.6 Å². The minimum absolute atomic E-state index is 0.0552. The normalized spacial score (nSPS) is 10.4. The number of carbonyl (C=O) groups is 2. The van der Waals surface area contributed by atoms with Crippen LogP contribution in [0.15, 0.2) is 67.0 Å². The molecule has 1 heterocycles. The highest BCUT2D eigenvalue weighted by Gasteiger charge is 2.15. The van der Waals surface area contributed by atoms with E-state index in [1.165, 1.54) is 4.90 Å². The molecule has 1 aromatic heterocycles. The van der Waals surface area contributed by atoms with Crippen LogP contribution in [0.25, 0.3) is 0 Å². The summed E-state index contributed by atoms with van der Waals surface area (Å²) in [5.74, 6) is -0.509. The van der Waals surface area contributed by atoms with Crippen molar-refractivity contribution in [3.63, 3.8) is 0 Å². The van der Waals surface area contributed by atoms with Gasteiger partial charge in [0.05, 0.1) is 13.1 Å². The van der Waals surface area contributed by atoms with E-state index in [0.717, 1.165) is 5.56 Å². The fraction of sp³-hybridized carbons (Fsp3) is 0.150. The van der Waals surface area contributed by atoms with E-state index in [1.807, 2.05) is 29.1 Å². The van der Waals surface area contributed by atoms with Crippen molar-refractivity contribution in [1.82, 2.24) is 14.7 Å². The second kappa shape index (κ2) is 8.51. The monoisotopic (exact) mass is 382 g/mol. The van der Waals surface area contributed by atoms with Gasteiger partial charge in [-0.25, -0.2) is 0 Å². The third kappa shape index (κ3) is 5.18. The lowest BCUT2D eigenvalue weighted by molar-refractivity contribution is -0.116. The van der Waals surface area contributed by atoms with Gasteiger partial charge in [0.2, 0.25) is 5.91 Å². The SMILES string of the molecule is CN(CC(=O)Nc1cccc(Cl)c1)C(=O)c1ccc(Cn2cccn2)cc1. The molecule has 0 aliphatic rings. The predicted molar refractivity (Wildman–Crippen MR) is 105 cm³/mol. The smallest absolute Gasteiger partial charge is 0.254 e. The zero-order valence-electron chi connectivity index (χ0n) is 14.8. The van der Waals surface area contributed by atoms with Gasteiger partial charge in [-0.05, 0) is 42.0 Å². The van der Waals surface area contributed by atoms with E-state index in [-0.39, 0.29) is 18.4 Å². The molecule has 0 aliphatic carbocycles. The van der Waals surface area contributed by atoms with E-state index in [0.29, 0.717) is 22.8 Å². The van der Waals surface area contributed by atoms with Crippen LogP contribution < -0.4 is 5.32 Å². The zero-order valence-corrected chi connectivity index (χ0v) is 15.6. The molecule has 138 valence electrons. The Hall–Kier alpha value is -3.12. The summed E-state index contributed by atoms with van der Waals surface area (Å²) >= 11 is 5.90. The van der Waals surface area contributed by atoms with E-state index in [2.05, 4.69) is 10.4 Å². The Morgan fingerprint density at radius 1 is 1.15 bits per heavy atom. The van der Waals surface area contributed by atoms with E-state index in [1.54, 1.807) is 49.6 Å². The van der Waals surface area contributed by atoms with E-state index in [4.69, 9.17) is 11.6 Å². The Labute approximate surface area is 162 Å². The van der Waals surface area contributed by atoms with Gasteiger partial charge in [-0.2, -0.15) is 5.10 Å². The molecule has 3 aromatic rings. The first-order valence-corrected chi connectivity index (χ1v) is 8.76. The maximum atomic E-state index is 12.5. The molecule has 0 atom stereocenters. The van der Waals surface area contributed by atoms with Crippen molar-refractivity contribution in [2.24, 2.45) is 0 Å². The number of nitrogens with one attached hydrogen (secondary N) is 1. The largest absolute Gasteiger partial charge is 0.332 e. The van der Waals surface area contributed by atoms with Gasteiger partial charge < -0.3 is 10.2 Å². The van der Waals surface area contributed by atoms with E-state index < -0.39 is 0 Å². The van der Waals surface area contributed by atoms with Gasteiger partial charge in [-0.3, -0.25) is 14.3 Å². The molecule has 0 fully saturated rings. The maximum Gasteiger partial charge on any atom is 0.254 e. The highest BCUT2D eigenvalue weighted by atomic mass is 35.5. The molecule has 0 radical (unpaired) electrons. The molecule has 2 aromatic carbocycles. The van der Waals surface area contributed by atoms with Crippen LogP contribution in [-0.2, 0) is 11.3 Å². The molecule has 0 bridgehead atoms. The number of benzene rings is 2. The summed E-state index contributed by atoms with van der Waals surface area (Å²) in [6.07, 6.45) is 3.60. The van der Waals surface area contributed by atoms with Gasteiger partial charge in [0.15, 0.2) is 0 Å². The summed E-state index contributed by atoms with van der Waals surface area (Å²) in [5.41, 5.74) is 2.16. The molecule has 0 aliphatic heterocycles. The van der Waals surface area contributed by atoms with Crippen LogP contribution in [0.2, 0.25) is 5.02 Å². The second-order valence-corrected chi connectivity index (χ2v) is 6.56. The summed E-state index contributed by atoms with van der Waals surface area (Å²) in [6.45, 7) is 0.583. The van der Waals surface area contributed by atoms with Crippen molar-refractivity contribution < 1.29 is 9.59 Å². The van der Waals surface area contributed by atoms with Gasteiger partial charge >= 0.3 is 0 Å². The first-order chi connectivity index (χ1) is 13.0. The number of hydrogen-bond donors (Lipinski definition) is 1. The number of hydrogen-bond acceptors (Lipinski definition) is 3. The zero-order chi connectivity index (χ0) is 19.2. The fourth-order valence-corrected chi connectivity index (χ4v) is 2.80. The Bertz CT molecular complexity index is 923. The van der Waals surface area contributed by atoms with Gasteiger partial charge in [-0.1, -0.05) is 29.8 Å². The molecule has 0 saturated carbocycles. The maximum absolute atomic E-state index is 12.5. The van der Waals surface area contributed by atoms with Crippen LogP contribution in [0.4, 0.5) is 5.69 Å². The van der Waals surface area contributed by atoms with Crippen LogP contribution in [0, 0.1) is 0 Å². The number of carbonyl (C=O) groups excluding carboxylic acids is 2. The summed E-state index contributed by atoms with van der Waals surface area (Å²) in [7, 11) is 1.59. The number of anilines is 1. The molecule has 3 rings (SSSR count). The van der Waals surface area contributed by atoms with E-state index in [9.17, 15) is 9.59 Å². The lowest BCUT2D eigenvalue weighted by atomic mass is 10.1. The van der Waals surface area contributed by atoms with Crippen molar-refractivity contribution in [2.75, 3.05) is 18.9 Å².